The molecule has 0 aliphatic heterocycles. The molecule has 0 heterocycles. The number of esters is 4. The van der Waals surface area contributed by atoms with Crippen LogP contribution in [0, 0.1) is 5.41 Å². The van der Waals surface area contributed by atoms with E-state index < -0.39 is 71.8 Å². The van der Waals surface area contributed by atoms with Gasteiger partial charge in [-0.1, -0.05) is 111 Å². The van der Waals surface area contributed by atoms with Gasteiger partial charge in [-0.15, -0.1) is 0 Å². The Morgan fingerprint density at radius 3 is 1.79 bits per heavy atom. The van der Waals surface area contributed by atoms with Crippen molar-refractivity contribution in [2.45, 2.75) is 97.2 Å². The minimum Gasteiger partial charge on any atom is -0.481 e. The zero-order valence-electron chi connectivity index (χ0n) is 38.7. The zero-order valence-corrected chi connectivity index (χ0v) is 38.7. The van der Waals surface area contributed by atoms with Gasteiger partial charge in [0.15, 0.2) is 11.8 Å². The summed E-state index contributed by atoms with van der Waals surface area (Å²) in [4.78, 5) is 82.1. The molecule has 0 radical (unpaired) electrons. The number of allylic oxidation sites excluding steroid dienone is 10. The molecule has 0 saturated heterocycles. The molecule has 1 amide bonds. The molecular formula is C49H65N6O11+. The highest BCUT2D eigenvalue weighted by Gasteiger charge is 2.45. The highest BCUT2D eigenvalue weighted by Crippen LogP contribution is 2.29. The number of guanidine groups is 1. The van der Waals surface area contributed by atoms with Crippen LogP contribution < -0.4 is 32.0 Å². The number of carboxylic acids is 1. The van der Waals surface area contributed by atoms with E-state index in [4.69, 9.17) is 36.1 Å². The van der Waals surface area contributed by atoms with Gasteiger partial charge in [0.2, 0.25) is 5.84 Å². The standard InChI is InChI=1S/C49H64N6O11/c1-7-8-9-10-11-12-13-14-15-16-17-18-19-20-21-22-23-32-41(59)63-34-48(3,4)42(43(60)54-49(52,33-40(57)58)46(50)53-47(51)55(5)6)66-45(62)37-29-25-27-31-39(37)65-44(61)36-28-24-26-30-38(36)64-35(2)56/h8-9,11-12,14-15,17-18,20-21,24-31,42H,7,10,13,16,19,22-23,32-34,52H2,1-6H3,(H5,50,51,53,54,57,58,60)/p+1/b9-8-,12-11-,15-14-,18-17-,21-20-/t42-,49?/m0/s1. The number of hydrogen-bond acceptors (Lipinski definition) is 11. The van der Waals surface area contributed by atoms with Crippen LogP contribution >= 0.6 is 0 Å². The highest BCUT2D eigenvalue weighted by atomic mass is 16.6. The normalized spacial score (nSPS) is 13.5. The maximum Gasteiger partial charge on any atom is 0.386 e. The van der Waals surface area contributed by atoms with Gasteiger partial charge in [-0.05, 0) is 69.2 Å². The van der Waals surface area contributed by atoms with E-state index in [1.807, 2.05) is 12.2 Å². The summed E-state index contributed by atoms with van der Waals surface area (Å²) >= 11 is 0. The summed E-state index contributed by atoms with van der Waals surface area (Å²) in [5.74, 6) is -7.17. The van der Waals surface area contributed by atoms with Gasteiger partial charge in [0, 0.05) is 18.8 Å². The van der Waals surface area contributed by atoms with Crippen LogP contribution in [0.5, 0.6) is 11.5 Å². The van der Waals surface area contributed by atoms with Crippen molar-refractivity contribution < 1.29 is 57.4 Å². The topological polar surface area (TPSA) is 265 Å². The Labute approximate surface area is 386 Å². The molecule has 0 saturated carbocycles. The van der Waals surface area contributed by atoms with Crippen molar-refractivity contribution in [2.75, 3.05) is 20.7 Å². The Bertz CT molecular complexity index is 2200. The lowest BCUT2D eigenvalue weighted by atomic mass is 9.86. The van der Waals surface area contributed by atoms with Crippen molar-refractivity contribution in [3.63, 3.8) is 0 Å². The Morgan fingerprint density at radius 2 is 1.27 bits per heavy atom. The molecule has 66 heavy (non-hydrogen) atoms. The Kier molecular flexibility index (Phi) is 23.8. The van der Waals surface area contributed by atoms with Crippen LogP contribution in [0.4, 0.5) is 0 Å². The fraction of sp³-hybridized carbons (Fsp3) is 0.388. The fourth-order valence-electron chi connectivity index (χ4n) is 5.69. The van der Waals surface area contributed by atoms with E-state index in [2.05, 4.69) is 65.8 Å². The van der Waals surface area contributed by atoms with Gasteiger partial charge in [-0.25, -0.2) is 9.59 Å². The van der Waals surface area contributed by atoms with Gasteiger partial charge in [-0.3, -0.25) is 29.5 Å². The minimum atomic E-state index is -2.37. The summed E-state index contributed by atoms with van der Waals surface area (Å²) in [6.07, 6.45) is 23.7. The first-order valence-corrected chi connectivity index (χ1v) is 21.5. The molecule has 1 unspecified atom stereocenters. The maximum absolute atomic E-state index is 14.2. The number of aliphatic carboxylic acids is 1. The molecule has 17 heteroatoms. The second-order valence-electron chi connectivity index (χ2n) is 15.8. The molecule has 0 spiro atoms. The van der Waals surface area contributed by atoms with E-state index in [1.54, 1.807) is 6.07 Å². The van der Waals surface area contributed by atoms with Crippen LogP contribution in [0.1, 0.15) is 106 Å². The van der Waals surface area contributed by atoms with Crippen LogP contribution in [0.2, 0.25) is 0 Å². The minimum absolute atomic E-state index is 0.0433. The smallest absolute Gasteiger partial charge is 0.386 e. The number of aliphatic imine (C=N–C) groups is 1. The Hall–Kier alpha value is -7.14. The second-order valence-corrected chi connectivity index (χ2v) is 15.8. The highest BCUT2D eigenvalue weighted by molar-refractivity contribution is 6.03. The summed E-state index contributed by atoms with van der Waals surface area (Å²) in [6, 6.07) is 11.3. The molecule has 0 bridgehead atoms. The van der Waals surface area contributed by atoms with E-state index in [0.717, 1.165) is 39.0 Å². The van der Waals surface area contributed by atoms with E-state index in [0.29, 0.717) is 12.8 Å². The van der Waals surface area contributed by atoms with Gasteiger partial charge in [0.05, 0.1) is 20.5 Å². The third kappa shape index (κ3) is 20.1. The first-order valence-electron chi connectivity index (χ1n) is 21.5. The molecule has 17 nitrogen and oxygen atoms in total. The van der Waals surface area contributed by atoms with Gasteiger partial charge >= 0.3 is 35.8 Å². The van der Waals surface area contributed by atoms with E-state index in [9.17, 15) is 33.9 Å². The lowest BCUT2D eigenvalue weighted by Crippen LogP contribution is -2.68. The predicted octanol–water partition coefficient (Wildman–Crippen LogP) is 6.04. The summed E-state index contributed by atoms with van der Waals surface area (Å²) in [7, 11) is 3.08. The number of nitrogens with zero attached hydrogens (tertiary/aromatic N) is 2. The number of carbonyl (C=O) groups excluding carboxylic acids is 5. The monoisotopic (exact) mass is 913 g/mol. The molecule has 8 N–H and O–H groups in total. The molecule has 356 valence electrons. The van der Waals surface area contributed by atoms with Crippen LogP contribution in [0.15, 0.2) is 114 Å². The molecule has 2 atom stereocenters. The number of para-hydroxylation sites is 2. The number of hydrogen-bond donors (Lipinski definition) is 5. The lowest BCUT2D eigenvalue weighted by molar-refractivity contribution is -0.466. The molecule has 0 fully saturated rings. The van der Waals surface area contributed by atoms with E-state index in [-0.39, 0.29) is 35.0 Å². The summed E-state index contributed by atoms with van der Waals surface area (Å²) in [5.41, 5.74) is 14.1. The maximum atomic E-state index is 14.2. The number of unbranched alkanes of at least 4 members (excludes halogenated alkanes) is 1. The SMILES string of the molecule is CC/C=C\C/C=C\C/C=C\C/C=C\C/C=C\CCCC(=O)OCC(C)(C)[C@@H](OC(=O)c1ccccc1OC(=O)c1ccccc1OC(C)=O)C(=O)NC(N)(CC(=O)O)/C(N)=N\C(N)=[N+](C)C. The first kappa shape index (κ1) is 55.0. The first-order chi connectivity index (χ1) is 31.3. The number of carboxylic acid groups (broad SMARTS) is 1. The summed E-state index contributed by atoms with van der Waals surface area (Å²) < 4.78 is 23.4. The number of carbonyl (C=O) groups is 6. The zero-order chi connectivity index (χ0) is 49.1. The van der Waals surface area contributed by atoms with Crippen LogP contribution in [0.25, 0.3) is 0 Å². The predicted molar refractivity (Wildman–Crippen MR) is 252 cm³/mol. The number of benzene rings is 2. The van der Waals surface area contributed by atoms with Gasteiger partial charge in [0.1, 0.15) is 29.2 Å². The van der Waals surface area contributed by atoms with Crippen molar-refractivity contribution in [3.05, 3.63) is 120 Å². The quantitative estimate of drug-likeness (QED) is 0.0105. The van der Waals surface area contributed by atoms with Crippen molar-refractivity contribution in [2.24, 2.45) is 27.6 Å². The number of ether oxygens (including phenoxy) is 4. The van der Waals surface area contributed by atoms with Crippen LogP contribution in [-0.4, -0.2) is 89.7 Å². The average Bonchev–Trinajstić information content (AvgIpc) is 3.25. The van der Waals surface area contributed by atoms with E-state index in [1.165, 1.54) is 75.0 Å². The number of nitrogens with two attached hydrogens (primary N) is 3. The molecule has 2 aromatic carbocycles. The Morgan fingerprint density at radius 1 is 0.773 bits per heavy atom. The molecule has 0 aromatic heterocycles. The van der Waals surface area contributed by atoms with Crippen molar-refractivity contribution >= 4 is 47.5 Å². The number of nitrogens with one attached hydrogen (secondary N) is 1. The fourth-order valence-corrected chi connectivity index (χ4v) is 5.69. The molecular weight excluding hydrogens is 849 g/mol. The third-order valence-electron chi connectivity index (χ3n) is 9.28. The molecule has 2 rings (SSSR count). The average molecular weight is 914 g/mol. The van der Waals surface area contributed by atoms with Gasteiger partial charge in [-0.2, -0.15) is 0 Å². The van der Waals surface area contributed by atoms with Crippen molar-refractivity contribution in [1.29, 1.82) is 0 Å². The largest absolute Gasteiger partial charge is 0.481 e. The number of rotatable bonds is 26. The van der Waals surface area contributed by atoms with Crippen molar-refractivity contribution in [3.8, 4) is 11.5 Å². The van der Waals surface area contributed by atoms with Gasteiger partial charge in [0.25, 0.3) is 5.91 Å². The van der Waals surface area contributed by atoms with Crippen molar-refractivity contribution in [1.82, 2.24) is 5.32 Å². The van der Waals surface area contributed by atoms with Gasteiger partial charge < -0.3 is 40.8 Å². The number of amidine groups is 1. The third-order valence-corrected chi connectivity index (χ3v) is 9.28. The lowest BCUT2D eigenvalue weighted by Gasteiger charge is -2.35. The van der Waals surface area contributed by atoms with E-state index >= 15 is 0 Å². The number of amides is 1. The Balaban J connectivity index is 2.25. The molecule has 0 aliphatic carbocycles. The summed E-state index contributed by atoms with van der Waals surface area (Å²) in [6.45, 7) is 5.75. The van der Waals surface area contributed by atoms with Crippen LogP contribution in [0.3, 0.4) is 0 Å². The summed E-state index contributed by atoms with van der Waals surface area (Å²) in [5, 5.41) is 12.1. The molecule has 0 aliphatic rings. The molecule has 2 aromatic rings. The van der Waals surface area contributed by atoms with Crippen LogP contribution in [-0.2, 0) is 28.7 Å². The second kappa shape index (κ2) is 28.6.